The van der Waals surface area contributed by atoms with Crippen LogP contribution >= 0.6 is 15.9 Å². The number of rotatable bonds is 7. The van der Waals surface area contributed by atoms with Crippen molar-refractivity contribution in [3.8, 4) is 0 Å². The Hall–Kier alpha value is -0.450. The second-order valence-corrected chi connectivity index (χ2v) is 5.02. The molecule has 0 fully saturated rings. The summed E-state index contributed by atoms with van der Waals surface area (Å²) in [6.07, 6.45) is 2.87. The molecule has 0 bridgehead atoms. The summed E-state index contributed by atoms with van der Waals surface area (Å²) in [5.41, 5.74) is 1.01. The maximum absolute atomic E-state index is 13.2. The van der Waals surface area contributed by atoms with Crippen LogP contribution in [-0.4, -0.2) is 26.8 Å². The molecule has 0 saturated heterocycles. The van der Waals surface area contributed by atoms with Gasteiger partial charge in [0.1, 0.15) is 5.82 Å². The van der Waals surface area contributed by atoms with Gasteiger partial charge in [-0.2, -0.15) is 0 Å². The van der Waals surface area contributed by atoms with E-state index in [0.717, 1.165) is 35.9 Å². The van der Waals surface area contributed by atoms with Gasteiger partial charge in [-0.25, -0.2) is 4.39 Å². The van der Waals surface area contributed by atoms with Gasteiger partial charge < -0.3 is 10.1 Å². The number of nitrogens with one attached hydrogen (secondary N) is 1. The number of hydrogen-bond acceptors (Lipinski definition) is 2. The maximum Gasteiger partial charge on any atom is 0.124 e. The van der Waals surface area contributed by atoms with Crippen molar-refractivity contribution in [3.63, 3.8) is 0 Å². The summed E-state index contributed by atoms with van der Waals surface area (Å²) in [6.45, 7) is 0.769. The van der Waals surface area contributed by atoms with E-state index < -0.39 is 0 Å². The maximum atomic E-state index is 13.2. The molecule has 0 spiro atoms. The number of halogens is 2. The van der Waals surface area contributed by atoms with E-state index in [0.29, 0.717) is 6.04 Å². The van der Waals surface area contributed by atoms with Gasteiger partial charge in [-0.15, -0.1) is 0 Å². The summed E-state index contributed by atoms with van der Waals surface area (Å²) < 4.78 is 19.0. The van der Waals surface area contributed by atoms with Crippen LogP contribution in [0, 0.1) is 5.82 Å². The fourth-order valence-corrected chi connectivity index (χ4v) is 2.35. The molecule has 4 heteroatoms. The fraction of sp³-hybridized carbons (Fsp3) is 0.538. The highest BCUT2D eigenvalue weighted by Gasteiger charge is 2.08. The molecule has 0 aliphatic carbocycles. The Labute approximate surface area is 111 Å². The van der Waals surface area contributed by atoms with Crippen molar-refractivity contribution >= 4 is 15.9 Å². The Morgan fingerprint density at radius 1 is 1.41 bits per heavy atom. The first-order valence-electron chi connectivity index (χ1n) is 5.77. The zero-order valence-electron chi connectivity index (χ0n) is 10.3. The Morgan fingerprint density at radius 2 is 2.18 bits per heavy atom. The van der Waals surface area contributed by atoms with E-state index in [1.165, 1.54) is 6.07 Å². The summed E-state index contributed by atoms with van der Waals surface area (Å²) in [7, 11) is 3.64. The Balaban J connectivity index is 2.54. The molecule has 2 nitrogen and oxygen atoms in total. The molecule has 1 rings (SSSR count). The second-order valence-electron chi connectivity index (χ2n) is 4.10. The number of likely N-dealkylation sites (N-methyl/N-ethyl adjacent to an activating group) is 1. The van der Waals surface area contributed by atoms with E-state index >= 15 is 0 Å². The van der Waals surface area contributed by atoms with Crippen LogP contribution in [0.4, 0.5) is 4.39 Å². The summed E-state index contributed by atoms with van der Waals surface area (Å²) >= 11 is 3.31. The minimum atomic E-state index is -0.193. The zero-order chi connectivity index (χ0) is 12.7. The number of methoxy groups -OCH3 is 1. The van der Waals surface area contributed by atoms with E-state index in [2.05, 4.69) is 21.2 Å². The highest BCUT2D eigenvalue weighted by Crippen LogP contribution is 2.17. The van der Waals surface area contributed by atoms with Crippen LogP contribution in [0.3, 0.4) is 0 Å². The Bertz CT molecular complexity index is 326. The summed E-state index contributed by atoms with van der Waals surface area (Å²) in [5.74, 6) is -0.193. The molecule has 1 unspecified atom stereocenters. The van der Waals surface area contributed by atoms with Crippen LogP contribution in [0.1, 0.15) is 18.4 Å². The van der Waals surface area contributed by atoms with Gasteiger partial charge in [0, 0.05) is 24.2 Å². The van der Waals surface area contributed by atoms with Gasteiger partial charge in [0.25, 0.3) is 0 Å². The molecule has 0 amide bonds. The molecule has 0 heterocycles. The first kappa shape index (κ1) is 14.6. The molecule has 0 saturated carbocycles. The average molecular weight is 304 g/mol. The van der Waals surface area contributed by atoms with Gasteiger partial charge in [0.2, 0.25) is 0 Å². The standard InChI is InChI=1S/C13H19BrFNO/c1-16-13(4-3-5-17-2)8-10-6-11(14)9-12(15)7-10/h6-7,9,13,16H,3-5,8H2,1-2H3. The molecule has 1 atom stereocenters. The van der Waals surface area contributed by atoms with Crippen LogP contribution in [-0.2, 0) is 11.2 Å². The minimum Gasteiger partial charge on any atom is -0.385 e. The smallest absolute Gasteiger partial charge is 0.124 e. The van der Waals surface area contributed by atoms with Crippen molar-refractivity contribution in [2.24, 2.45) is 0 Å². The molecule has 0 aliphatic heterocycles. The van der Waals surface area contributed by atoms with Gasteiger partial charge in [0.05, 0.1) is 0 Å². The molecular weight excluding hydrogens is 285 g/mol. The lowest BCUT2D eigenvalue weighted by Crippen LogP contribution is -2.27. The van der Waals surface area contributed by atoms with Crippen molar-refractivity contribution in [1.29, 1.82) is 0 Å². The largest absolute Gasteiger partial charge is 0.385 e. The van der Waals surface area contributed by atoms with E-state index in [9.17, 15) is 4.39 Å². The van der Waals surface area contributed by atoms with Gasteiger partial charge >= 0.3 is 0 Å². The minimum absolute atomic E-state index is 0.193. The SMILES string of the molecule is CNC(CCCOC)Cc1cc(F)cc(Br)c1. The van der Waals surface area contributed by atoms with E-state index in [4.69, 9.17) is 4.74 Å². The van der Waals surface area contributed by atoms with E-state index in [1.54, 1.807) is 13.2 Å². The van der Waals surface area contributed by atoms with Crippen molar-refractivity contribution < 1.29 is 9.13 Å². The van der Waals surface area contributed by atoms with Crippen molar-refractivity contribution in [2.75, 3.05) is 20.8 Å². The summed E-state index contributed by atoms with van der Waals surface area (Å²) in [5, 5.41) is 3.26. The number of hydrogen-bond donors (Lipinski definition) is 1. The van der Waals surface area contributed by atoms with Crippen LogP contribution in [0.5, 0.6) is 0 Å². The quantitative estimate of drug-likeness (QED) is 0.781. The molecular formula is C13H19BrFNO. The number of benzene rings is 1. The second kappa shape index (κ2) is 7.80. The van der Waals surface area contributed by atoms with Gasteiger partial charge in [-0.3, -0.25) is 0 Å². The summed E-state index contributed by atoms with van der Waals surface area (Å²) in [6, 6.07) is 5.39. The van der Waals surface area contributed by atoms with Gasteiger partial charge in [-0.1, -0.05) is 15.9 Å². The van der Waals surface area contributed by atoms with Gasteiger partial charge in [-0.05, 0) is 50.1 Å². The van der Waals surface area contributed by atoms with Crippen LogP contribution in [0.15, 0.2) is 22.7 Å². The highest BCUT2D eigenvalue weighted by molar-refractivity contribution is 9.10. The van der Waals surface area contributed by atoms with Crippen LogP contribution in [0.2, 0.25) is 0 Å². The molecule has 17 heavy (non-hydrogen) atoms. The molecule has 0 aliphatic rings. The third-order valence-corrected chi connectivity index (χ3v) is 3.17. The predicted octanol–water partition coefficient (Wildman–Crippen LogP) is 3.15. The lowest BCUT2D eigenvalue weighted by Gasteiger charge is -2.16. The summed E-state index contributed by atoms with van der Waals surface area (Å²) in [4.78, 5) is 0. The molecule has 1 N–H and O–H groups in total. The fourth-order valence-electron chi connectivity index (χ4n) is 1.84. The van der Waals surface area contributed by atoms with Crippen molar-refractivity contribution in [1.82, 2.24) is 5.32 Å². The lowest BCUT2D eigenvalue weighted by molar-refractivity contribution is 0.189. The van der Waals surface area contributed by atoms with Crippen molar-refractivity contribution in [3.05, 3.63) is 34.1 Å². The number of ether oxygens (including phenoxy) is 1. The Morgan fingerprint density at radius 3 is 2.76 bits per heavy atom. The monoisotopic (exact) mass is 303 g/mol. The normalized spacial score (nSPS) is 12.7. The zero-order valence-corrected chi connectivity index (χ0v) is 11.9. The third kappa shape index (κ3) is 5.61. The topological polar surface area (TPSA) is 21.3 Å². The lowest BCUT2D eigenvalue weighted by atomic mass is 10.0. The molecule has 1 aromatic rings. The molecule has 0 aromatic heterocycles. The first-order chi connectivity index (χ1) is 8.15. The molecule has 0 radical (unpaired) electrons. The molecule has 1 aromatic carbocycles. The van der Waals surface area contributed by atoms with E-state index in [-0.39, 0.29) is 5.82 Å². The van der Waals surface area contributed by atoms with Gasteiger partial charge in [0.15, 0.2) is 0 Å². The molecule has 96 valence electrons. The third-order valence-electron chi connectivity index (χ3n) is 2.71. The van der Waals surface area contributed by atoms with Crippen LogP contribution < -0.4 is 5.32 Å². The van der Waals surface area contributed by atoms with Crippen LogP contribution in [0.25, 0.3) is 0 Å². The average Bonchev–Trinajstić information content (AvgIpc) is 2.26. The van der Waals surface area contributed by atoms with Crippen molar-refractivity contribution in [2.45, 2.75) is 25.3 Å². The highest BCUT2D eigenvalue weighted by atomic mass is 79.9. The first-order valence-corrected chi connectivity index (χ1v) is 6.56. The predicted molar refractivity (Wildman–Crippen MR) is 71.8 cm³/mol. The van der Waals surface area contributed by atoms with E-state index in [1.807, 2.05) is 13.1 Å². The Kier molecular flexibility index (Phi) is 6.70.